The quantitative estimate of drug-likeness (QED) is 0.641. The lowest BCUT2D eigenvalue weighted by atomic mass is 10.2. The number of hydrogen-bond acceptors (Lipinski definition) is 3. The third-order valence-corrected chi connectivity index (χ3v) is 5.67. The molecular weight excluding hydrogens is 361 g/mol. The molecule has 0 fully saturated rings. The molecule has 0 saturated carbocycles. The topological polar surface area (TPSA) is 65.3 Å². The van der Waals surface area contributed by atoms with E-state index in [1.807, 2.05) is 42.5 Å². The van der Waals surface area contributed by atoms with E-state index in [1.165, 1.54) is 16.9 Å². The maximum absolute atomic E-state index is 13.0. The zero-order valence-electron chi connectivity index (χ0n) is 16.0. The van der Waals surface area contributed by atoms with Gasteiger partial charge in [-0.15, -0.1) is 0 Å². The molecular formula is C20H24N3O3P. The summed E-state index contributed by atoms with van der Waals surface area (Å²) in [7, 11) is -1.50. The van der Waals surface area contributed by atoms with Gasteiger partial charge in [0.25, 0.3) is 5.56 Å². The maximum atomic E-state index is 13.0. The van der Waals surface area contributed by atoms with Crippen molar-refractivity contribution < 1.29 is 9.09 Å². The van der Waals surface area contributed by atoms with E-state index in [0.717, 1.165) is 12.1 Å². The number of rotatable bonds is 6. The molecule has 0 amide bonds. The maximum Gasteiger partial charge on any atom is 0.338 e. The van der Waals surface area contributed by atoms with E-state index in [-0.39, 0.29) is 11.2 Å². The molecule has 0 aliphatic rings. The Kier molecular flexibility index (Phi) is 5.29. The Bertz CT molecular complexity index is 1040. The molecule has 1 atom stereocenters. The summed E-state index contributed by atoms with van der Waals surface area (Å²) in [5.74, 6) is 0.502. The number of para-hydroxylation sites is 1. The van der Waals surface area contributed by atoms with Crippen LogP contribution in [0.2, 0.25) is 0 Å². The molecule has 3 aromatic rings. The second kappa shape index (κ2) is 7.49. The summed E-state index contributed by atoms with van der Waals surface area (Å²) in [6.07, 6.45) is 0.921. The second-order valence-electron chi connectivity index (χ2n) is 6.48. The second-order valence-corrected chi connectivity index (χ2v) is 8.58. The number of aryl methyl sites for hydroxylation is 1. The molecule has 3 rings (SSSR count). The smallest absolute Gasteiger partial charge is 0.338 e. The molecule has 0 radical (unpaired) electrons. The molecule has 0 spiro atoms. The number of nitrogens with one attached hydrogen (secondary N) is 1. The Hall–Kier alpha value is -2.72. The average Bonchev–Trinajstić information content (AvgIpc) is 2.86. The molecule has 7 heteroatoms. The third kappa shape index (κ3) is 4.01. The molecule has 1 heterocycles. The summed E-state index contributed by atoms with van der Waals surface area (Å²) in [5.41, 5.74) is 2.59. The van der Waals surface area contributed by atoms with Gasteiger partial charge in [-0.05, 0) is 43.2 Å². The Balaban J connectivity index is 1.90. The molecule has 0 aliphatic carbocycles. The van der Waals surface area contributed by atoms with Crippen LogP contribution < -0.4 is 15.2 Å². The molecule has 2 aromatic carbocycles. The van der Waals surface area contributed by atoms with Crippen molar-refractivity contribution in [1.29, 1.82) is 0 Å². The SMILES string of the molecule is CCc1ccc(O[P@@](C)(=O)Nc2c(C)n(C)n(-c3ccccc3)c2=O)cc1. The van der Waals surface area contributed by atoms with Crippen LogP contribution in [0.4, 0.5) is 5.69 Å². The lowest BCUT2D eigenvalue weighted by Crippen LogP contribution is -2.20. The van der Waals surface area contributed by atoms with E-state index in [2.05, 4.69) is 12.0 Å². The fourth-order valence-electron chi connectivity index (χ4n) is 2.91. The monoisotopic (exact) mass is 385 g/mol. The minimum atomic E-state index is -3.29. The summed E-state index contributed by atoms with van der Waals surface area (Å²) in [5, 5.41) is 2.84. The molecule has 0 bridgehead atoms. The third-order valence-electron chi connectivity index (χ3n) is 4.48. The zero-order valence-corrected chi connectivity index (χ0v) is 16.9. The van der Waals surface area contributed by atoms with Gasteiger partial charge in [-0.1, -0.05) is 37.3 Å². The summed E-state index contributed by atoms with van der Waals surface area (Å²) in [4.78, 5) is 12.9. The highest BCUT2D eigenvalue weighted by atomic mass is 31.2. The predicted molar refractivity (Wildman–Crippen MR) is 109 cm³/mol. The molecule has 142 valence electrons. The van der Waals surface area contributed by atoms with Crippen LogP contribution >= 0.6 is 7.52 Å². The zero-order chi connectivity index (χ0) is 19.6. The van der Waals surface area contributed by atoms with Crippen LogP contribution in [0.3, 0.4) is 0 Å². The first-order valence-electron chi connectivity index (χ1n) is 8.80. The Labute approximate surface area is 158 Å². The minimum Gasteiger partial charge on any atom is -0.429 e. The summed E-state index contributed by atoms with van der Waals surface area (Å²) < 4.78 is 21.9. The first kappa shape index (κ1) is 19.1. The Morgan fingerprint density at radius 3 is 2.30 bits per heavy atom. The van der Waals surface area contributed by atoms with Gasteiger partial charge in [0, 0.05) is 13.7 Å². The van der Waals surface area contributed by atoms with E-state index >= 15 is 0 Å². The fraction of sp³-hybridized carbons (Fsp3) is 0.250. The Morgan fingerprint density at radius 1 is 1.07 bits per heavy atom. The van der Waals surface area contributed by atoms with Gasteiger partial charge >= 0.3 is 7.52 Å². The molecule has 0 aliphatic heterocycles. The van der Waals surface area contributed by atoms with Gasteiger partial charge < -0.3 is 4.52 Å². The van der Waals surface area contributed by atoms with Crippen LogP contribution in [-0.2, 0) is 18.0 Å². The normalized spacial score (nSPS) is 13.2. The summed E-state index contributed by atoms with van der Waals surface area (Å²) in [6.45, 7) is 5.34. The van der Waals surface area contributed by atoms with Gasteiger partial charge in [0.2, 0.25) is 0 Å². The minimum absolute atomic E-state index is 0.270. The van der Waals surface area contributed by atoms with Crippen LogP contribution in [-0.4, -0.2) is 16.0 Å². The Morgan fingerprint density at radius 2 is 1.70 bits per heavy atom. The molecule has 6 nitrogen and oxygen atoms in total. The van der Waals surface area contributed by atoms with Crippen molar-refractivity contribution in [2.75, 3.05) is 11.8 Å². The van der Waals surface area contributed by atoms with Crippen molar-refractivity contribution in [3.8, 4) is 11.4 Å². The number of anilines is 1. The molecule has 1 N–H and O–H groups in total. The lowest BCUT2D eigenvalue weighted by Gasteiger charge is -2.16. The van der Waals surface area contributed by atoms with E-state index in [4.69, 9.17) is 4.52 Å². The molecule has 27 heavy (non-hydrogen) atoms. The number of aromatic nitrogens is 2. The lowest BCUT2D eigenvalue weighted by molar-refractivity contribution is 0.493. The van der Waals surface area contributed by atoms with Crippen LogP contribution in [0.1, 0.15) is 18.2 Å². The van der Waals surface area contributed by atoms with E-state index in [1.54, 1.807) is 30.8 Å². The summed E-state index contributed by atoms with van der Waals surface area (Å²) >= 11 is 0. The van der Waals surface area contributed by atoms with Crippen LogP contribution in [0, 0.1) is 6.92 Å². The number of nitrogens with zero attached hydrogens (tertiary/aromatic N) is 2. The highest BCUT2D eigenvalue weighted by molar-refractivity contribution is 7.60. The van der Waals surface area contributed by atoms with Gasteiger partial charge in [-0.3, -0.25) is 19.1 Å². The van der Waals surface area contributed by atoms with Crippen molar-refractivity contribution in [3.63, 3.8) is 0 Å². The molecule has 0 unspecified atom stereocenters. The largest absolute Gasteiger partial charge is 0.429 e. The van der Waals surface area contributed by atoms with Crippen molar-refractivity contribution in [1.82, 2.24) is 9.36 Å². The number of hydrogen-bond donors (Lipinski definition) is 1. The fourth-order valence-corrected chi connectivity index (χ4v) is 4.14. The van der Waals surface area contributed by atoms with Crippen molar-refractivity contribution in [2.24, 2.45) is 7.05 Å². The molecule has 0 saturated heterocycles. The highest BCUT2D eigenvalue weighted by Gasteiger charge is 2.24. The van der Waals surface area contributed by atoms with E-state index in [0.29, 0.717) is 11.4 Å². The van der Waals surface area contributed by atoms with Gasteiger partial charge in [0.1, 0.15) is 11.4 Å². The van der Waals surface area contributed by atoms with Gasteiger partial charge in [-0.25, -0.2) is 4.68 Å². The van der Waals surface area contributed by atoms with Gasteiger partial charge in [-0.2, -0.15) is 0 Å². The standard InChI is InChI=1S/C20H24N3O3P/c1-5-16-11-13-18(14-12-16)26-27(4,25)21-19-15(2)22(3)23(20(19)24)17-9-7-6-8-10-17/h6-14H,5H2,1-4H3,(H,21,25)/t27-/m1/s1. The van der Waals surface area contributed by atoms with Gasteiger partial charge in [0.15, 0.2) is 0 Å². The first-order valence-corrected chi connectivity index (χ1v) is 10.9. The first-order chi connectivity index (χ1) is 12.8. The molecule has 1 aromatic heterocycles. The van der Waals surface area contributed by atoms with Gasteiger partial charge in [0.05, 0.1) is 11.4 Å². The van der Waals surface area contributed by atoms with E-state index in [9.17, 15) is 9.36 Å². The van der Waals surface area contributed by atoms with Crippen molar-refractivity contribution >= 4 is 13.2 Å². The van der Waals surface area contributed by atoms with E-state index < -0.39 is 7.52 Å². The van der Waals surface area contributed by atoms with Crippen LogP contribution in [0.15, 0.2) is 59.4 Å². The van der Waals surface area contributed by atoms with Crippen molar-refractivity contribution in [3.05, 3.63) is 76.2 Å². The number of benzene rings is 2. The van der Waals surface area contributed by atoms with Crippen molar-refractivity contribution in [2.45, 2.75) is 20.3 Å². The predicted octanol–water partition coefficient (Wildman–Crippen LogP) is 4.36. The highest BCUT2D eigenvalue weighted by Crippen LogP contribution is 2.43. The van der Waals surface area contributed by atoms with Crippen LogP contribution in [0.25, 0.3) is 5.69 Å². The van der Waals surface area contributed by atoms with Crippen LogP contribution in [0.5, 0.6) is 5.75 Å². The summed E-state index contributed by atoms with van der Waals surface area (Å²) in [6, 6.07) is 16.8. The average molecular weight is 385 g/mol.